The number of carboxylic acids is 2. The molecule has 0 fully saturated rings. The normalized spacial score (nSPS) is 11.1. The molecule has 0 aliphatic carbocycles. The fourth-order valence-electron chi connectivity index (χ4n) is 2.35. The SMILES string of the molecule is O=C(O)CCCN(c1ccccc1C(=O)O)S(=O)(=O)c1ccc(Cl)cc1. The van der Waals surface area contributed by atoms with E-state index in [1.807, 2.05) is 0 Å². The predicted molar refractivity (Wildman–Crippen MR) is 96.3 cm³/mol. The molecule has 26 heavy (non-hydrogen) atoms. The van der Waals surface area contributed by atoms with Crippen LogP contribution in [0.3, 0.4) is 0 Å². The van der Waals surface area contributed by atoms with E-state index < -0.39 is 22.0 Å². The minimum absolute atomic E-state index is 0.0239. The van der Waals surface area contributed by atoms with Gasteiger partial charge in [0.05, 0.1) is 16.1 Å². The molecule has 9 heteroatoms. The summed E-state index contributed by atoms with van der Waals surface area (Å²) in [5.41, 5.74) is -0.222. The summed E-state index contributed by atoms with van der Waals surface area (Å²) in [6.45, 7) is -0.179. The van der Waals surface area contributed by atoms with Crippen molar-refractivity contribution >= 4 is 39.3 Å². The Kier molecular flexibility index (Phi) is 6.23. The highest BCUT2D eigenvalue weighted by Gasteiger charge is 2.28. The molecule has 0 amide bonds. The van der Waals surface area contributed by atoms with Crippen LogP contribution in [0.4, 0.5) is 5.69 Å². The molecule has 138 valence electrons. The van der Waals surface area contributed by atoms with E-state index in [-0.39, 0.29) is 35.5 Å². The Labute approximate surface area is 155 Å². The number of carboxylic acid groups (broad SMARTS) is 2. The monoisotopic (exact) mass is 397 g/mol. The Morgan fingerprint density at radius 3 is 2.19 bits per heavy atom. The zero-order valence-electron chi connectivity index (χ0n) is 13.5. The van der Waals surface area contributed by atoms with Crippen LogP contribution in [-0.2, 0) is 14.8 Å². The predicted octanol–water partition coefficient (Wildman–Crippen LogP) is 3.10. The van der Waals surface area contributed by atoms with Crippen LogP contribution in [0.15, 0.2) is 53.4 Å². The van der Waals surface area contributed by atoms with Gasteiger partial charge >= 0.3 is 11.9 Å². The molecule has 2 N–H and O–H groups in total. The zero-order valence-corrected chi connectivity index (χ0v) is 15.1. The van der Waals surface area contributed by atoms with Crippen LogP contribution in [0.1, 0.15) is 23.2 Å². The first kappa shape index (κ1) is 19.7. The van der Waals surface area contributed by atoms with E-state index in [2.05, 4.69) is 0 Å². The third-order valence-electron chi connectivity index (χ3n) is 3.56. The summed E-state index contributed by atoms with van der Waals surface area (Å²) >= 11 is 5.79. The molecular formula is C17H16ClNO6S. The second kappa shape index (κ2) is 8.20. The van der Waals surface area contributed by atoms with Gasteiger partial charge in [0.1, 0.15) is 0 Å². The van der Waals surface area contributed by atoms with Crippen molar-refractivity contribution in [3.63, 3.8) is 0 Å². The van der Waals surface area contributed by atoms with Crippen molar-refractivity contribution in [1.29, 1.82) is 0 Å². The molecule has 0 saturated heterocycles. The van der Waals surface area contributed by atoms with Crippen LogP contribution < -0.4 is 4.31 Å². The maximum Gasteiger partial charge on any atom is 0.337 e. The molecule has 7 nitrogen and oxygen atoms in total. The number of rotatable bonds is 8. The molecular weight excluding hydrogens is 382 g/mol. The lowest BCUT2D eigenvalue weighted by atomic mass is 10.1. The summed E-state index contributed by atoms with van der Waals surface area (Å²) < 4.78 is 27.0. The van der Waals surface area contributed by atoms with Gasteiger partial charge in [0.25, 0.3) is 10.0 Å². The average molecular weight is 398 g/mol. The highest BCUT2D eigenvalue weighted by atomic mass is 35.5. The third-order valence-corrected chi connectivity index (χ3v) is 5.64. The van der Waals surface area contributed by atoms with Gasteiger partial charge in [-0.15, -0.1) is 0 Å². The largest absolute Gasteiger partial charge is 0.481 e. The lowest BCUT2D eigenvalue weighted by Gasteiger charge is -2.25. The second-order valence-corrected chi connectivity index (χ2v) is 7.65. The van der Waals surface area contributed by atoms with Crippen molar-refractivity contribution in [2.45, 2.75) is 17.7 Å². The summed E-state index contributed by atoms with van der Waals surface area (Å²) in [4.78, 5) is 22.2. The second-order valence-electron chi connectivity index (χ2n) is 5.35. The quantitative estimate of drug-likeness (QED) is 0.707. The van der Waals surface area contributed by atoms with E-state index in [9.17, 15) is 23.1 Å². The van der Waals surface area contributed by atoms with Crippen molar-refractivity contribution in [3.05, 3.63) is 59.1 Å². The van der Waals surface area contributed by atoms with Gasteiger partial charge in [-0.2, -0.15) is 0 Å². The van der Waals surface area contributed by atoms with E-state index in [4.69, 9.17) is 16.7 Å². The van der Waals surface area contributed by atoms with E-state index in [0.29, 0.717) is 5.02 Å². The van der Waals surface area contributed by atoms with Crippen molar-refractivity contribution < 1.29 is 28.2 Å². The topological polar surface area (TPSA) is 112 Å². The molecule has 0 radical (unpaired) electrons. The van der Waals surface area contributed by atoms with E-state index >= 15 is 0 Å². The number of aliphatic carboxylic acids is 1. The number of halogens is 1. The summed E-state index contributed by atoms with van der Waals surface area (Å²) in [7, 11) is -4.11. The minimum Gasteiger partial charge on any atom is -0.481 e. The molecule has 0 spiro atoms. The van der Waals surface area contributed by atoms with Crippen molar-refractivity contribution in [2.75, 3.05) is 10.8 Å². The Morgan fingerprint density at radius 2 is 1.62 bits per heavy atom. The lowest BCUT2D eigenvalue weighted by Crippen LogP contribution is -2.33. The summed E-state index contributed by atoms with van der Waals surface area (Å²) in [6, 6.07) is 11.1. The Morgan fingerprint density at radius 1 is 1.00 bits per heavy atom. The number of carbonyl (C=O) groups is 2. The molecule has 2 aromatic carbocycles. The third kappa shape index (κ3) is 4.53. The number of sulfonamides is 1. The van der Waals surface area contributed by atoms with Crippen molar-refractivity contribution in [3.8, 4) is 0 Å². The van der Waals surface area contributed by atoms with Gasteiger partial charge in [-0.1, -0.05) is 23.7 Å². The zero-order chi connectivity index (χ0) is 19.3. The van der Waals surface area contributed by atoms with Gasteiger partial charge in [0.2, 0.25) is 0 Å². The van der Waals surface area contributed by atoms with Gasteiger partial charge in [-0.25, -0.2) is 13.2 Å². The van der Waals surface area contributed by atoms with Crippen molar-refractivity contribution in [1.82, 2.24) is 0 Å². The molecule has 0 saturated carbocycles. The molecule has 0 atom stereocenters. The molecule has 2 rings (SSSR count). The Balaban J connectivity index is 2.52. The van der Waals surface area contributed by atoms with E-state index in [1.54, 1.807) is 0 Å². The highest BCUT2D eigenvalue weighted by molar-refractivity contribution is 7.92. The summed E-state index contributed by atoms with van der Waals surface area (Å²) in [5, 5.41) is 18.5. The molecule has 0 unspecified atom stereocenters. The smallest absolute Gasteiger partial charge is 0.337 e. The number of nitrogens with zero attached hydrogens (tertiary/aromatic N) is 1. The maximum absolute atomic E-state index is 13.0. The molecule has 0 heterocycles. The Hall–Kier alpha value is -2.58. The number of para-hydroxylation sites is 1. The molecule has 0 bridgehead atoms. The molecule has 0 aliphatic rings. The number of anilines is 1. The summed E-state index contributed by atoms with van der Waals surface area (Å²) in [5.74, 6) is -2.35. The van der Waals surface area contributed by atoms with Crippen LogP contribution in [0.5, 0.6) is 0 Å². The Bertz CT molecular complexity index is 911. The van der Waals surface area contributed by atoms with Crippen LogP contribution in [0, 0.1) is 0 Å². The van der Waals surface area contributed by atoms with Crippen LogP contribution in [0.2, 0.25) is 5.02 Å². The lowest BCUT2D eigenvalue weighted by molar-refractivity contribution is -0.137. The van der Waals surface area contributed by atoms with Gasteiger partial charge in [0.15, 0.2) is 0 Å². The van der Waals surface area contributed by atoms with Crippen molar-refractivity contribution in [2.24, 2.45) is 0 Å². The van der Waals surface area contributed by atoms with Crippen LogP contribution in [-0.4, -0.2) is 37.1 Å². The fraction of sp³-hybridized carbons (Fsp3) is 0.176. The number of hydrogen-bond acceptors (Lipinski definition) is 4. The highest BCUT2D eigenvalue weighted by Crippen LogP contribution is 2.28. The molecule has 0 aliphatic heterocycles. The molecule has 2 aromatic rings. The number of aromatic carboxylic acids is 1. The molecule has 0 aromatic heterocycles. The average Bonchev–Trinajstić information content (AvgIpc) is 2.58. The van der Waals surface area contributed by atoms with Crippen LogP contribution >= 0.6 is 11.6 Å². The standard InChI is InChI=1S/C17H16ClNO6S/c18-12-7-9-13(10-8-12)26(24,25)19(11-3-6-16(20)21)15-5-2-1-4-14(15)17(22)23/h1-2,4-5,7-10H,3,6,11H2,(H,20,21)(H,22,23). The first-order valence-corrected chi connectivity index (χ1v) is 9.37. The van der Waals surface area contributed by atoms with Gasteiger partial charge in [0, 0.05) is 18.0 Å². The number of hydrogen-bond donors (Lipinski definition) is 2. The maximum atomic E-state index is 13.0. The van der Waals surface area contributed by atoms with Gasteiger partial charge < -0.3 is 10.2 Å². The summed E-state index contributed by atoms with van der Waals surface area (Å²) in [6.07, 6.45) is -0.224. The minimum atomic E-state index is -4.11. The first-order valence-electron chi connectivity index (χ1n) is 7.56. The van der Waals surface area contributed by atoms with Gasteiger partial charge in [-0.05, 0) is 42.8 Å². The fourth-order valence-corrected chi connectivity index (χ4v) is 4.00. The van der Waals surface area contributed by atoms with Gasteiger partial charge in [-0.3, -0.25) is 9.10 Å². The van der Waals surface area contributed by atoms with E-state index in [1.165, 1.54) is 48.5 Å². The van der Waals surface area contributed by atoms with E-state index in [0.717, 1.165) is 4.31 Å². The number of benzene rings is 2. The van der Waals surface area contributed by atoms with Crippen LogP contribution in [0.25, 0.3) is 0 Å². The first-order chi connectivity index (χ1) is 12.2.